The highest BCUT2D eigenvalue weighted by Gasteiger charge is 2.26. The maximum absolute atomic E-state index is 13.1. The quantitative estimate of drug-likeness (QED) is 0.0944. The first kappa shape index (κ1) is 36.3. The van der Waals surface area contributed by atoms with E-state index < -0.39 is 24.0 Å². The molecule has 2 heterocycles. The molecule has 0 spiro atoms. The molecule has 2 aromatic carbocycles. The van der Waals surface area contributed by atoms with Gasteiger partial charge in [-0.25, -0.2) is 9.97 Å². The van der Waals surface area contributed by atoms with Gasteiger partial charge in [0.1, 0.15) is 17.8 Å². The first-order chi connectivity index (χ1) is 23.1. The number of benzene rings is 2. The molecule has 2 unspecified atom stereocenters. The molecule has 0 aliphatic rings. The Morgan fingerprint density at radius 2 is 1.46 bits per heavy atom. The molecule has 48 heavy (non-hydrogen) atoms. The number of unbranched alkanes of at least 4 members (excludes halogenated alkanes) is 4. The van der Waals surface area contributed by atoms with E-state index >= 15 is 0 Å². The molecule has 3 N–H and O–H groups in total. The highest BCUT2D eigenvalue weighted by atomic mass is 32.1. The van der Waals surface area contributed by atoms with Gasteiger partial charge >= 0.3 is 5.97 Å². The zero-order chi connectivity index (χ0) is 34.5. The molecule has 0 saturated heterocycles. The highest BCUT2D eigenvalue weighted by molar-refractivity contribution is 7.14. The van der Waals surface area contributed by atoms with Crippen LogP contribution in [0.15, 0.2) is 73.1 Å². The van der Waals surface area contributed by atoms with E-state index in [9.17, 15) is 19.5 Å². The van der Waals surface area contributed by atoms with Gasteiger partial charge in [0.25, 0.3) is 5.91 Å². The van der Waals surface area contributed by atoms with E-state index in [0.29, 0.717) is 16.6 Å². The molecule has 0 radical (unpaired) electrons. The number of carbonyl (C=O) groups is 3. The number of hydrogen-bond acceptors (Lipinski definition) is 7. The van der Waals surface area contributed by atoms with Gasteiger partial charge in [0.2, 0.25) is 5.91 Å². The highest BCUT2D eigenvalue weighted by Crippen LogP contribution is 2.24. The third-order valence-corrected chi connectivity index (χ3v) is 8.96. The van der Waals surface area contributed by atoms with Crippen molar-refractivity contribution in [1.82, 2.24) is 20.6 Å². The molecular formula is C38H46N4O5S. The molecule has 0 bridgehead atoms. The monoisotopic (exact) mass is 670 g/mol. The first-order valence-electron chi connectivity index (χ1n) is 16.7. The molecule has 4 aromatic rings. The number of hydrogen-bond donors (Lipinski definition) is 3. The fourth-order valence-corrected chi connectivity index (χ4v) is 6.24. The average Bonchev–Trinajstić information content (AvgIpc) is 3.54. The molecule has 0 aliphatic heterocycles. The van der Waals surface area contributed by atoms with E-state index in [2.05, 4.69) is 41.4 Å². The van der Waals surface area contributed by atoms with Crippen LogP contribution in [0.3, 0.4) is 0 Å². The van der Waals surface area contributed by atoms with Crippen molar-refractivity contribution in [2.45, 2.75) is 84.7 Å². The largest absolute Gasteiger partial charge is 0.494 e. The van der Waals surface area contributed by atoms with Gasteiger partial charge in [-0.1, -0.05) is 82.9 Å². The smallest absolute Gasteiger partial charge is 0.325 e. The summed E-state index contributed by atoms with van der Waals surface area (Å²) >= 11 is 1.40. The number of ether oxygens (including phenoxy) is 1. The van der Waals surface area contributed by atoms with Crippen LogP contribution < -0.4 is 15.4 Å². The lowest BCUT2D eigenvalue weighted by Crippen LogP contribution is -2.51. The lowest BCUT2D eigenvalue weighted by molar-refractivity contribution is -0.141. The van der Waals surface area contributed by atoms with Crippen LogP contribution in [0, 0.1) is 5.92 Å². The molecule has 0 fully saturated rings. The van der Waals surface area contributed by atoms with Crippen molar-refractivity contribution in [3.63, 3.8) is 0 Å². The van der Waals surface area contributed by atoms with Crippen LogP contribution in [0.5, 0.6) is 5.75 Å². The Morgan fingerprint density at radius 1 is 0.792 bits per heavy atom. The Labute approximate surface area is 287 Å². The topological polar surface area (TPSA) is 131 Å². The van der Waals surface area contributed by atoms with Crippen LogP contribution in [0.2, 0.25) is 0 Å². The number of nitrogens with one attached hydrogen (secondary N) is 2. The van der Waals surface area contributed by atoms with E-state index in [1.54, 1.807) is 18.5 Å². The lowest BCUT2D eigenvalue weighted by Gasteiger charge is -2.20. The minimum atomic E-state index is -1.16. The van der Waals surface area contributed by atoms with Crippen molar-refractivity contribution in [3.05, 3.63) is 88.4 Å². The molecule has 2 atom stereocenters. The fraction of sp³-hybridized carbons (Fsp3) is 0.395. The van der Waals surface area contributed by atoms with Gasteiger partial charge < -0.3 is 20.5 Å². The molecule has 2 amide bonds. The Morgan fingerprint density at radius 3 is 2.10 bits per heavy atom. The van der Waals surface area contributed by atoms with Gasteiger partial charge in [0.15, 0.2) is 5.82 Å². The van der Waals surface area contributed by atoms with Crippen molar-refractivity contribution in [3.8, 4) is 28.3 Å². The Kier molecular flexibility index (Phi) is 13.7. The average molecular weight is 671 g/mol. The van der Waals surface area contributed by atoms with Gasteiger partial charge in [0.05, 0.1) is 11.5 Å². The summed E-state index contributed by atoms with van der Waals surface area (Å²) in [7, 11) is 0. The summed E-state index contributed by atoms with van der Waals surface area (Å²) in [4.78, 5) is 48.4. The summed E-state index contributed by atoms with van der Waals surface area (Å²) in [6.07, 6.45) is 10.6. The molecular weight excluding hydrogens is 625 g/mol. The summed E-state index contributed by atoms with van der Waals surface area (Å²) in [5, 5.41) is 14.6. The van der Waals surface area contributed by atoms with Crippen LogP contribution in [0.25, 0.3) is 22.5 Å². The zero-order valence-electron chi connectivity index (χ0n) is 28.2. The Balaban J connectivity index is 1.39. The van der Waals surface area contributed by atoms with Gasteiger partial charge in [-0.05, 0) is 61.1 Å². The lowest BCUT2D eigenvalue weighted by atomic mass is 10.0. The number of nitrogens with zero attached hydrogens (tertiary/aromatic N) is 2. The molecule has 0 aliphatic carbocycles. The van der Waals surface area contributed by atoms with Crippen LogP contribution in [-0.4, -0.2) is 51.5 Å². The number of amides is 2. The zero-order valence-corrected chi connectivity index (χ0v) is 29.0. The summed E-state index contributed by atoms with van der Waals surface area (Å²) in [5.74, 6) is -0.236. The maximum Gasteiger partial charge on any atom is 0.325 e. The van der Waals surface area contributed by atoms with Gasteiger partial charge in [-0.2, -0.15) is 0 Å². The van der Waals surface area contributed by atoms with Crippen LogP contribution in [0.1, 0.15) is 79.9 Å². The number of rotatable bonds is 18. The van der Waals surface area contributed by atoms with Crippen LogP contribution in [-0.2, 0) is 22.4 Å². The number of aliphatic carboxylic acids is 1. The van der Waals surface area contributed by atoms with E-state index in [-0.39, 0.29) is 12.3 Å². The molecule has 0 saturated carbocycles. The fourth-order valence-electron chi connectivity index (χ4n) is 5.12. The minimum Gasteiger partial charge on any atom is -0.494 e. The number of carboxylic acid groups (broad SMARTS) is 1. The first-order valence-corrected chi connectivity index (χ1v) is 17.5. The predicted octanol–water partition coefficient (Wildman–Crippen LogP) is 7.35. The van der Waals surface area contributed by atoms with E-state index in [0.717, 1.165) is 52.3 Å². The summed E-state index contributed by atoms with van der Waals surface area (Å²) < 4.78 is 5.88. The third kappa shape index (κ3) is 11.0. The second-order valence-electron chi connectivity index (χ2n) is 12.4. The van der Waals surface area contributed by atoms with Crippen molar-refractivity contribution in [1.29, 1.82) is 0 Å². The van der Waals surface area contributed by atoms with Gasteiger partial charge in [-0.15, -0.1) is 11.3 Å². The van der Waals surface area contributed by atoms with E-state index in [1.807, 2.05) is 54.6 Å². The van der Waals surface area contributed by atoms with Gasteiger partial charge in [0, 0.05) is 34.8 Å². The SMILES string of the molecule is CCCCCCCOc1ccc(-c2cnc(-c3ccc(CC(NC(=O)c4ccc(CC(C)C)s4)C(=O)NC(C)C(=O)O)cc3)nc2)cc1. The maximum atomic E-state index is 13.1. The second kappa shape index (κ2) is 18.1. The summed E-state index contributed by atoms with van der Waals surface area (Å²) in [5.41, 5.74) is 3.47. The summed E-state index contributed by atoms with van der Waals surface area (Å²) in [6, 6.07) is 17.0. The van der Waals surface area contributed by atoms with Crippen molar-refractivity contribution in [2.75, 3.05) is 6.61 Å². The van der Waals surface area contributed by atoms with Crippen molar-refractivity contribution in [2.24, 2.45) is 5.92 Å². The van der Waals surface area contributed by atoms with E-state index in [1.165, 1.54) is 43.9 Å². The predicted molar refractivity (Wildman–Crippen MR) is 190 cm³/mol. The third-order valence-electron chi connectivity index (χ3n) is 7.85. The van der Waals surface area contributed by atoms with Crippen molar-refractivity contribution < 1.29 is 24.2 Å². The van der Waals surface area contributed by atoms with Crippen LogP contribution in [0.4, 0.5) is 0 Å². The molecule has 2 aromatic heterocycles. The minimum absolute atomic E-state index is 0.173. The summed E-state index contributed by atoms with van der Waals surface area (Å²) in [6.45, 7) is 8.55. The standard InChI is InChI=1S/C38H46N4O5S/c1-5-6-7-8-9-20-47-31-16-14-28(15-17-31)30-23-39-35(40-24-30)29-12-10-27(11-13-29)22-33(36(43)41-26(4)38(45)46)42-37(44)34-19-18-32(48-34)21-25(2)3/h10-19,23-26,33H,5-9,20-22H2,1-4H3,(H,41,43)(H,42,44)(H,45,46). The molecule has 254 valence electrons. The normalized spacial score (nSPS) is 12.4. The second-order valence-corrected chi connectivity index (χ2v) is 13.6. The Hall–Kier alpha value is -4.57. The van der Waals surface area contributed by atoms with Crippen molar-refractivity contribution >= 4 is 29.1 Å². The van der Waals surface area contributed by atoms with Gasteiger partial charge in [-0.3, -0.25) is 14.4 Å². The van der Waals surface area contributed by atoms with E-state index in [4.69, 9.17) is 4.74 Å². The number of carbonyl (C=O) groups excluding carboxylic acids is 2. The number of carboxylic acids is 1. The number of thiophene rings is 1. The van der Waals surface area contributed by atoms with Crippen LogP contribution >= 0.6 is 11.3 Å². The molecule has 10 heteroatoms. The molecule has 4 rings (SSSR count). The Bertz CT molecular complexity index is 1620. The molecule has 9 nitrogen and oxygen atoms in total. The number of aromatic nitrogens is 2.